The minimum absolute atomic E-state index is 0.211. The van der Waals surface area contributed by atoms with Crippen LogP contribution in [-0.2, 0) is 0 Å². The molecule has 0 saturated heterocycles. The van der Waals surface area contributed by atoms with Crippen LogP contribution in [0, 0.1) is 0 Å². The number of carbonyl (C=O) groups excluding carboxylic acids is 1. The minimum Gasteiger partial charge on any atom is -0.477 e. The highest BCUT2D eigenvalue weighted by molar-refractivity contribution is 7.18. The number of aromatic amines is 1. The second kappa shape index (κ2) is 7.38. The Morgan fingerprint density at radius 1 is 1.37 bits per heavy atom. The molecule has 0 spiro atoms. The third-order valence-corrected chi connectivity index (χ3v) is 4.59. The van der Waals surface area contributed by atoms with Gasteiger partial charge in [0.1, 0.15) is 22.0 Å². The number of furan rings is 1. The third kappa shape index (κ3) is 3.55. The van der Waals surface area contributed by atoms with Gasteiger partial charge < -0.3 is 14.5 Å². The normalized spacial score (nSPS) is 10.7. The average Bonchev–Trinajstić information content (AvgIpc) is 3.43. The van der Waals surface area contributed by atoms with Gasteiger partial charge in [-0.15, -0.1) is 11.3 Å². The Morgan fingerprint density at radius 2 is 2.30 bits per heavy atom. The van der Waals surface area contributed by atoms with Crippen molar-refractivity contribution in [3.05, 3.63) is 48.8 Å². The van der Waals surface area contributed by atoms with E-state index in [9.17, 15) is 4.79 Å². The van der Waals surface area contributed by atoms with Crippen molar-refractivity contribution >= 4 is 23.1 Å². The smallest absolute Gasteiger partial charge is 0.292 e. The van der Waals surface area contributed by atoms with Gasteiger partial charge in [0.15, 0.2) is 11.6 Å². The Kier molecular flexibility index (Phi) is 4.62. The van der Waals surface area contributed by atoms with Crippen LogP contribution in [0.1, 0.15) is 17.5 Å². The molecule has 0 aliphatic carbocycles. The maximum atomic E-state index is 12.1. The lowest BCUT2D eigenvalue weighted by Gasteiger charge is -2.03. The summed E-state index contributed by atoms with van der Waals surface area (Å²) in [5.74, 6) is 1.29. The van der Waals surface area contributed by atoms with Crippen molar-refractivity contribution in [2.24, 2.45) is 0 Å². The molecule has 0 fully saturated rings. The Labute approximate surface area is 157 Å². The van der Waals surface area contributed by atoms with Crippen molar-refractivity contribution in [2.45, 2.75) is 6.92 Å². The summed E-state index contributed by atoms with van der Waals surface area (Å²) in [4.78, 5) is 25.8. The fourth-order valence-corrected chi connectivity index (χ4v) is 3.30. The van der Waals surface area contributed by atoms with Gasteiger partial charge in [-0.25, -0.2) is 15.0 Å². The molecule has 2 N–H and O–H groups in total. The van der Waals surface area contributed by atoms with E-state index in [0.29, 0.717) is 29.1 Å². The van der Waals surface area contributed by atoms with Gasteiger partial charge in [0.05, 0.1) is 12.9 Å². The molecule has 27 heavy (non-hydrogen) atoms. The van der Waals surface area contributed by atoms with E-state index < -0.39 is 0 Å². The number of H-pyrrole nitrogens is 1. The molecule has 0 bridgehead atoms. The molecule has 0 atom stereocenters. The summed E-state index contributed by atoms with van der Waals surface area (Å²) in [5.41, 5.74) is 0.788. The van der Waals surface area contributed by atoms with Gasteiger partial charge in [-0.2, -0.15) is 5.10 Å². The van der Waals surface area contributed by atoms with E-state index >= 15 is 0 Å². The Morgan fingerprint density at radius 3 is 3.04 bits per heavy atom. The van der Waals surface area contributed by atoms with Gasteiger partial charge in [0.2, 0.25) is 5.88 Å². The summed E-state index contributed by atoms with van der Waals surface area (Å²) in [5, 5.41) is 10.1. The maximum Gasteiger partial charge on any atom is 0.292 e. The topological polar surface area (TPSA) is 119 Å². The molecule has 4 aromatic heterocycles. The van der Waals surface area contributed by atoms with Gasteiger partial charge in [0, 0.05) is 11.8 Å². The van der Waals surface area contributed by atoms with Crippen molar-refractivity contribution in [3.8, 4) is 27.2 Å². The predicted octanol–water partition coefficient (Wildman–Crippen LogP) is 3.23. The molecule has 1 amide bonds. The lowest BCUT2D eigenvalue weighted by Crippen LogP contribution is -2.11. The van der Waals surface area contributed by atoms with Crippen LogP contribution in [-0.4, -0.2) is 37.7 Å². The highest BCUT2D eigenvalue weighted by Crippen LogP contribution is 2.38. The van der Waals surface area contributed by atoms with Crippen LogP contribution in [0.4, 0.5) is 5.82 Å². The number of aromatic nitrogens is 5. The summed E-state index contributed by atoms with van der Waals surface area (Å²) in [6, 6.07) is 6.77. The molecule has 4 heterocycles. The lowest BCUT2D eigenvalue weighted by atomic mass is 10.2. The first-order chi connectivity index (χ1) is 13.2. The maximum absolute atomic E-state index is 12.1. The molecule has 136 valence electrons. The van der Waals surface area contributed by atoms with Crippen molar-refractivity contribution < 1.29 is 13.9 Å². The van der Waals surface area contributed by atoms with Gasteiger partial charge in [0.25, 0.3) is 5.91 Å². The van der Waals surface area contributed by atoms with E-state index in [2.05, 4.69) is 30.5 Å². The number of ether oxygens (including phenoxy) is 1. The first kappa shape index (κ1) is 16.9. The Balaban J connectivity index is 1.64. The van der Waals surface area contributed by atoms with E-state index in [1.165, 1.54) is 23.9 Å². The van der Waals surface area contributed by atoms with Gasteiger partial charge >= 0.3 is 0 Å². The summed E-state index contributed by atoms with van der Waals surface area (Å²) in [7, 11) is 0. The Hall–Kier alpha value is -3.53. The van der Waals surface area contributed by atoms with Crippen molar-refractivity contribution in [1.82, 2.24) is 25.1 Å². The molecular formula is C17H14N6O3S. The standard InChI is InChI=1S/C17H14N6O3S/c1-2-25-16-13(14-19-9-20-23-14)27-17(22-16)10-5-6-18-12(8-10)21-15(24)11-4-3-7-26-11/h3-9H,2H2,1H3,(H,18,21,24)(H,19,20,23). The van der Waals surface area contributed by atoms with Crippen molar-refractivity contribution in [2.75, 3.05) is 11.9 Å². The number of nitrogens with one attached hydrogen (secondary N) is 2. The zero-order valence-corrected chi connectivity index (χ0v) is 15.0. The fraction of sp³-hybridized carbons (Fsp3) is 0.118. The molecule has 9 nitrogen and oxygen atoms in total. The van der Waals surface area contributed by atoms with E-state index in [4.69, 9.17) is 9.15 Å². The number of amides is 1. The SMILES string of the molecule is CCOc1nc(-c2ccnc(NC(=O)c3ccco3)c2)sc1-c1ncn[nH]1. The molecule has 0 aliphatic rings. The van der Waals surface area contributed by atoms with E-state index in [1.807, 2.05) is 6.92 Å². The van der Waals surface area contributed by atoms with Gasteiger partial charge in [-0.3, -0.25) is 9.89 Å². The number of hydrogen-bond acceptors (Lipinski definition) is 8. The second-order valence-corrected chi connectivity index (χ2v) is 6.28. The monoisotopic (exact) mass is 382 g/mol. The lowest BCUT2D eigenvalue weighted by molar-refractivity contribution is 0.0996. The van der Waals surface area contributed by atoms with Crippen LogP contribution in [0.2, 0.25) is 0 Å². The van der Waals surface area contributed by atoms with E-state index in [0.717, 1.165) is 10.4 Å². The summed E-state index contributed by atoms with van der Waals surface area (Å²) >= 11 is 1.41. The molecule has 4 aromatic rings. The number of hydrogen-bond donors (Lipinski definition) is 2. The zero-order valence-electron chi connectivity index (χ0n) is 14.2. The molecule has 0 aliphatic heterocycles. The number of carbonyl (C=O) groups is 1. The highest BCUT2D eigenvalue weighted by Gasteiger charge is 2.18. The molecule has 0 saturated carbocycles. The third-order valence-electron chi connectivity index (χ3n) is 3.50. The molecule has 0 radical (unpaired) electrons. The zero-order chi connectivity index (χ0) is 18.6. The average molecular weight is 382 g/mol. The first-order valence-electron chi connectivity index (χ1n) is 8.05. The largest absolute Gasteiger partial charge is 0.477 e. The minimum atomic E-state index is -0.374. The van der Waals surface area contributed by atoms with Crippen molar-refractivity contribution in [1.29, 1.82) is 0 Å². The van der Waals surface area contributed by atoms with E-state index in [-0.39, 0.29) is 11.7 Å². The molecule has 4 rings (SSSR count). The number of rotatable bonds is 6. The van der Waals surface area contributed by atoms with Crippen LogP contribution >= 0.6 is 11.3 Å². The number of thiazole rings is 1. The quantitative estimate of drug-likeness (QED) is 0.525. The molecule has 10 heteroatoms. The predicted molar refractivity (Wildman–Crippen MR) is 98.6 cm³/mol. The van der Waals surface area contributed by atoms with Crippen LogP contribution in [0.5, 0.6) is 5.88 Å². The number of nitrogens with zero attached hydrogens (tertiary/aromatic N) is 4. The summed E-state index contributed by atoms with van der Waals surface area (Å²) < 4.78 is 10.7. The summed E-state index contributed by atoms with van der Waals surface area (Å²) in [6.45, 7) is 2.36. The number of pyridine rings is 1. The van der Waals surface area contributed by atoms with Gasteiger partial charge in [-0.1, -0.05) is 0 Å². The van der Waals surface area contributed by atoms with Crippen LogP contribution in [0.3, 0.4) is 0 Å². The highest BCUT2D eigenvalue weighted by atomic mass is 32.1. The van der Waals surface area contributed by atoms with Crippen LogP contribution in [0.15, 0.2) is 47.5 Å². The summed E-state index contributed by atoms with van der Waals surface area (Å²) in [6.07, 6.45) is 4.47. The first-order valence-corrected chi connectivity index (χ1v) is 8.87. The van der Waals surface area contributed by atoms with Crippen LogP contribution in [0.25, 0.3) is 21.3 Å². The molecule has 0 unspecified atom stereocenters. The molecular weight excluding hydrogens is 368 g/mol. The van der Waals surface area contributed by atoms with Gasteiger partial charge in [-0.05, 0) is 31.2 Å². The van der Waals surface area contributed by atoms with Crippen LogP contribution < -0.4 is 10.1 Å². The Bertz CT molecular complexity index is 1040. The van der Waals surface area contributed by atoms with E-state index in [1.54, 1.807) is 30.5 Å². The van der Waals surface area contributed by atoms with Crippen molar-refractivity contribution in [3.63, 3.8) is 0 Å². The fourth-order valence-electron chi connectivity index (χ4n) is 2.35. The number of anilines is 1. The second-order valence-electron chi connectivity index (χ2n) is 5.28. The molecule has 0 aromatic carbocycles.